The SMILES string of the molecule is Cc1c(C(=O)c2sc(Nc3ccc(N(C)C)cc3)nc2N)sc2ccc(Cl)cc12. The summed E-state index contributed by atoms with van der Waals surface area (Å²) in [7, 11) is 3.98. The summed E-state index contributed by atoms with van der Waals surface area (Å²) >= 11 is 8.82. The molecule has 2 aromatic carbocycles. The lowest BCUT2D eigenvalue weighted by Crippen LogP contribution is -2.08. The molecule has 0 bridgehead atoms. The summed E-state index contributed by atoms with van der Waals surface area (Å²) in [5, 5.41) is 5.47. The highest BCUT2D eigenvalue weighted by Crippen LogP contribution is 2.37. The highest BCUT2D eigenvalue weighted by Gasteiger charge is 2.23. The van der Waals surface area contributed by atoms with E-state index in [4.69, 9.17) is 17.3 Å². The Bertz CT molecular complexity index is 1210. The maximum atomic E-state index is 13.2. The number of nitrogens with two attached hydrogens (primary N) is 1. The number of fused-ring (bicyclic) bond motifs is 1. The number of anilines is 4. The third-order valence-electron chi connectivity index (χ3n) is 4.60. The molecule has 0 radical (unpaired) electrons. The minimum Gasteiger partial charge on any atom is -0.382 e. The van der Waals surface area contributed by atoms with Crippen LogP contribution in [0, 0.1) is 6.92 Å². The summed E-state index contributed by atoms with van der Waals surface area (Å²) in [6.07, 6.45) is 0. The number of rotatable bonds is 5. The lowest BCUT2D eigenvalue weighted by Gasteiger charge is -2.12. The van der Waals surface area contributed by atoms with Crippen molar-refractivity contribution >= 4 is 72.5 Å². The molecule has 4 aromatic rings. The van der Waals surface area contributed by atoms with Crippen molar-refractivity contribution in [3.8, 4) is 0 Å². The summed E-state index contributed by atoms with van der Waals surface area (Å²) in [6, 6.07) is 13.6. The predicted octanol–water partition coefficient (Wildman–Crippen LogP) is 5.94. The van der Waals surface area contributed by atoms with Crippen molar-refractivity contribution in [2.75, 3.05) is 30.0 Å². The van der Waals surface area contributed by atoms with Crippen molar-refractivity contribution in [1.82, 2.24) is 4.98 Å². The van der Waals surface area contributed by atoms with Crippen LogP contribution in [-0.4, -0.2) is 24.9 Å². The third-order valence-corrected chi connectivity index (χ3v) is 7.09. The number of carbonyl (C=O) groups is 1. The second-order valence-corrected chi connectivity index (χ2v) is 9.31. The number of nitrogen functional groups attached to an aromatic ring is 1. The topological polar surface area (TPSA) is 71.2 Å². The third kappa shape index (κ3) is 3.81. The fourth-order valence-corrected chi connectivity index (χ4v) is 5.25. The molecule has 0 aliphatic carbocycles. The number of thiophene rings is 1. The average molecular weight is 443 g/mol. The van der Waals surface area contributed by atoms with Gasteiger partial charge in [0.25, 0.3) is 0 Å². The van der Waals surface area contributed by atoms with Gasteiger partial charge in [-0.05, 0) is 60.3 Å². The van der Waals surface area contributed by atoms with E-state index in [9.17, 15) is 4.79 Å². The van der Waals surface area contributed by atoms with E-state index in [1.54, 1.807) is 0 Å². The Morgan fingerprint density at radius 3 is 2.52 bits per heavy atom. The first-order chi connectivity index (χ1) is 13.8. The predicted molar refractivity (Wildman–Crippen MR) is 126 cm³/mol. The van der Waals surface area contributed by atoms with E-state index in [1.165, 1.54) is 22.7 Å². The summed E-state index contributed by atoms with van der Waals surface area (Å²) in [5.41, 5.74) is 8.98. The molecule has 0 amide bonds. The molecule has 0 fully saturated rings. The molecular weight excluding hydrogens is 424 g/mol. The van der Waals surface area contributed by atoms with E-state index in [1.807, 2.05) is 68.4 Å². The Morgan fingerprint density at radius 1 is 1.10 bits per heavy atom. The van der Waals surface area contributed by atoms with Crippen LogP contribution in [-0.2, 0) is 0 Å². The lowest BCUT2D eigenvalue weighted by molar-refractivity contribution is 0.104. The highest BCUT2D eigenvalue weighted by molar-refractivity contribution is 7.23. The summed E-state index contributed by atoms with van der Waals surface area (Å²) < 4.78 is 1.03. The van der Waals surface area contributed by atoms with E-state index in [2.05, 4.69) is 10.3 Å². The molecule has 0 atom stereocenters. The van der Waals surface area contributed by atoms with Crippen LogP contribution >= 0.6 is 34.3 Å². The number of benzene rings is 2. The van der Waals surface area contributed by atoms with Gasteiger partial charge in [-0.1, -0.05) is 22.9 Å². The Labute approximate surface area is 181 Å². The molecule has 148 valence electrons. The Hall–Kier alpha value is -2.61. The fraction of sp³-hybridized carbons (Fsp3) is 0.143. The largest absolute Gasteiger partial charge is 0.382 e. The summed E-state index contributed by atoms with van der Waals surface area (Å²) in [4.78, 5) is 20.6. The molecule has 2 aromatic heterocycles. The first-order valence-corrected chi connectivity index (χ1v) is 10.9. The standard InChI is InChI=1S/C21H19ClN4OS2/c1-11-15-10-12(22)4-9-16(15)28-18(11)17(27)19-20(23)25-21(29-19)24-13-5-7-14(8-6-13)26(2)3/h4-10H,23H2,1-3H3,(H,24,25). The molecule has 0 aliphatic heterocycles. The fourth-order valence-electron chi connectivity index (χ4n) is 3.03. The molecule has 0 saturated carbocycles. The van der Waals surface area contributed by atoms with Crippen LogP contribution in [0.15, 0.2) is 42.5 Å². The second kappa shape index (κ2) is 7.67. The average Bonchev–Trinajstić information content (AvgIpc) is 3.21. The van der Waals surface area contributed by atoms with Gasteiger partial charge in [0, 0.05) is 35.2 Å². The zero-order chi connectivity index (χ0) is 20.7. The maximum Gasteiger partial charge on any atom is 0.217 e. The van der Waals surface area contributed by atoms with Crippen LogP contribution in [0.5, 0.6) is 0 Å². The molecule has 0 unspecified atom stereocenters. The first-order valence-electron chi connectivity index (χ1n) is 8.87. The number of hydrogen-bond acceptors (Lipinski definition) is 7. The molecular formula is C21H19ClN4OS2. The van der Waals surface area contributed by atoms with Crippen molar-refractivity contribution in [1.29, 1.82) is 0 Å². The van der Waals surface area contributed by atoms with E-state index in [0.717, 1.165) is 27.0 Å². The van der Waals surface area contributed by atoms with Gasteiger partial charge in [0.1, 0.15) is 10.7 Å². The van der Waals surface area contributed by atoms with Crippen LogP contribution in [0.25, 0.3) is 10.1 Å². The molecule has 0 spiro atoms. The maximum absolute atomic E-state index is 13.2. The second-order valence-electron chi connectivity index (χ2n) is 6.83. The first kappa shape index (κ1) is 19.7. The van der Waals surface area contributed by atoms with Crippen molar-refractivity contribution in [3.05, 3.63) is 62.8 Å². The van der Waals surface area contributed by atoms with Gasteiger partial charge >= 0.3 is 0 Å². The number of ketones is 1. The Kier molecular flexibility index (Phi) is 5.21. The molecule has 0 saturated heterocycles. The Morgan fingerprint density at radius 2 is 1.83 bits per heavy atom. The number of thiazole rings is 1. The number of aromatic nitrogens is 1. The van der Waals surface area contributed by atoms with E-state index in [0.29, 0.717) is 19.9 Å². The summed E-state index contributed by atoms with van der Waals surface area (Å²) in [6.45, 7) is 1.94. The van der Waals surface area contributed by atoms with Gasteiger partial charge in [-0.25, -0.2) is 4.98 Å². The van der Waals surface area contributed by atoms with Gasteiger partial charge in [0.05, 0.1) is 4.88 Å². The van der Waals surface area contributed by atoms with Gasteiger partial charge in [-0.2, -0.15) is 0 Å². The molecule has 3 N–H and O–H groups in total. The van der Waals surface area contributed by atoms with Gasteiger partial charge in [-0.15, -0.1) is 11.3 Å². The molecule has 5 nitrogen and oxygen atoms in total. The number of hydrogen-bond donors (Lipinski definition) is 2. The van der Waals surface area contributed by atoms with Crippen LogP contribution in [0.3, 0.4) is 0 Å². The van der Waals surface area contributed by atoms with Crippen LogP contribution in [0.2, 0.25) is 5.02 Å². The lowest BCUT2D eigenvalue weighted by atomic mass is 10.1. The molecule has 8 heteroatoms. The number of nitrogens with one attached hydrogen (secondary N) is 1. The number of aryl methyl sites for hydroxylation is 1. The summed E-state index contributed by atoms with van der Waals surface area (Å²) in [5.74, 6) is 0.133. The van der Waals surface area contributed by atoms with Gasteiger partial charge in [0.2, 0.25) is 5.78 Å². The van der Waals surface area contributed by atoms with E-state index >= 15 is 0 Å². The van der Waals surface area contributed by atoms with Crippen LogP contribution < -0.4 is 16.0 Å². The quantitative estimate of drug-likeness (QED) is 0.374. The highest BCUT2D eigenvalue weighted by atomic mass is 35.5. The number of nitrogens with zero attached hydrogens (tertiary/aromatic N) is 2. The molecule has 4 rings (SSSR count). The smallest absolute Gasteiger partial charge is 0.217 e. The molecule has 0 aliphatic rings. The monoisotopic (exact) mass is 442 g/mol. The molecule has 29 heavy (non-hydrogen) atoms. The minimum atomic E-state index is -0.106. The van der Waals surface area contributed by atoms with Crippen molar-refractivity contribution in [3.63, 3.8) is 0 Å². The Balaban J connectivity index is 1.62. The van der Waals surface area contributed by atoms with Crippen molar-refractivity contribution in [2.45, 2.75) is 6.92 Å². The van der Waals surface area contributed by atoms with Crippen LogP contribution in [0.4, 0.5) is 22.3 Å². The zero-order valence-corrected chi connectivity index (χ0v) is 18.5. The number of carbonyl (C=O) groups excluding carboxylic acids is 1. The van der Waals surface area contributed by atoms with Gasteiger partial charge in [-0.3, -0.25) is 4.79 Å². The normalized spacial score (nSPS) is 11.0. The minimum absolute atomic E-state index is 0.106. The van der Waals surface area contributed by atoms with Crippen LogP contribution in [0.1, 0.15) is 20.1 Å². The van der Waals surface area contributed by atoms with Crippen molar-refractivity contribution in [2.24, 2.45) is 0 Å². The van der Waals surface area contributed by atoms with E-state index in [-0.39, 0.29) is 11.6 Å². The zero-order valence-electron chi connectivity index (χ0n) is 16.1. The molecule has 2 heterocycles. The number of halogens is 1. The van der Waals surface area contributed by atoms with Crippen molar-refractivity contribution < 1.29 is 4.79 Å². The van der Waals surface area contributed by atoms with E-state index < -0.39 is 0 Å². The van der Waals surface area contributed by atoms with Gasteiger partial charge < -0.3 is 16.0 Å². The van der Waals surface area contributed by atoms with Gasteiger partial charge in [0.15, 0.2) is 5.13 Å².